The van der Waals surface area contributed by atoms with E-state index >= 15 is 0 Å². The summed E-state index contributed by atoms with van der Waals surface area (Å²) in [6, 6.07) is 1.14. The van der Waals surface area contributed by atoms with Crippen molar-refractivity contribution in [3.63, 3.8) is 0 Å². The number of amides is 1. The number of nitrogens with one attached hydrogen (secondary N) is 1. The van der Waals surface area contributed by atoms with Crippen molar-refractivity contribution in [3.8, 4) is 0 Å². The molecule has 0 bridgehead atoms. The van der Waals surface area contributed by atoms with Gasteiger partial charge in [0.2, 0.25) is 0 Å². The van der Waals surface area contributed by atoms with Crippen LogP contribution in [0, 0.1) is 10.1 Å². The fourth-order valence-electron chi connectivity index (χ4n) is 1.15. The third kappa shape index (κ3) is 3.60. The topological polar surface area (TPSA) is 72.2 Å². The second kappa shape index (κ2) is 5.16. The van der Waals surface area contributed by atoms with Gasteiger partial charge in [0, 0.05) is 6.07 Å². The van der Waals surface area contributed by atoms with Crippen molar-refractivity contribution in [1.29, 1.82) is 0 Å². The Kier molecular flexibility index (Phi) is 4.02. The number of hydrogen-bond acceptors (Lipinski definition) is 3. The van der Waals surface area contributed by atoms with Gasteiger partial charge in [-0.05, 0) is 12.1 Å². The molecule has 19 heavy (non-hydrogen) atoms. The van der Waals surface area contributed by atoms with E-state index in [4.69, 9.17) is 0 Å². The molecule has 5 nitrogen and oxygen atoms in total. The fraction of sp³-hybridized carbons (Fsp3) is 0.222. The molecular formula is C9H5F5N2O3. The summed E-state index contributed by atoms with van der Waals surface area (Å²) in [6.45, 7) is 0. The van der Waals surface area contributed by atoms with E-state index in [2.05, 4.69) is 0 Å². The van der Waals surface area contributed by atoms with Gasteiger partial charge in [0.25, 0.3) is 11.6 Å². The lowest BCUT2D eigenvalue weighted by Crippen LogP contribution is -2.21. The highest BCUT2D eigenvalue weighted by Crippen LogP contribution is 2.35. The van der Waals surface area contributed by atoms with Crippen molar-refractivity contribution in [2.45, 2.75) is 12.6 Å². The van der Waals surface area contributed by atoms with Gasteiger partial charge >= 0.3 is 12.6 Å². The van der Waals surface area contributed by atoms with Crippen LogP contribution in [0.2, 0.25) is 0 Å². The van der Waals surface area contributed by atoms with Crippen LogP contribution in [0.1, 0.15) is 5.56 Å². The number of carbonyl (C=O) groups excluding carboxylic acids is 1. The molecular weight excluding hydrogens is 279 g/mol. The van der Waals surface area contributed by atoms with Gasteiger partial charge in [0.05, 0.1) is 10.5 Å². The minimum absolute atomic E-state index is 0.154. The van der Waals surface area contributed by atoms with Crippen molar-refractivity contribution in [2.24, 2.45) is 0 Å². The number of carbonyl (C=O) groups is 1. The SMILES string of the molecule is O=C(Nc1ccc(C(F)(F)F)cc1[N+](=O)[O-])C(F)F. The van der Waals surface area contributed by atoms with Gasteiger partial charge < -0.3 is 5.32 Å². The molecule has 104 valence electrons. The van der Waals surface area contributed by atoms with E-state index in [0.29, 0.717) is 12.1 Å². The Balaban J connectivity index is 3.20. The van der Waals surface area contributed by atoms with Crippen molar-refractivity contribution in [3.05, 3.63) is 33.9 Å². The molecule has 10 heteroatoms. The van der Waals surface area contributed by atoms with Crippen molar-refractivity contribution >= 4 is 17.3 Å². The number of alkyl halides is 5. The summed E-state index contributed by atoms with van der Waals surface area (Å²) < 4.78 is 60.9. The molecule has 0 radical (unpaired) electrons. The summed E-state index contributed by atoms with van der Waals surface area (Å²) in [5.74, 6) is -1.84. The number of nitro groups is 1. The Bertz CT molecular complexity index is 515. The van der Waals surface area contributed by atoms with Crippen LogP contribution >= 0.6 is 0 Å². The molecule has 1 amide bonds. The van der Waals surface area contributed by atoms with Crippen molar-refractivity contribution in [2.75, 3.05) is 5.32 Å². The lowest BCUT2D eigenvalue weighted by molar-refractivity contribution is -0.384. The molecule has 0 spiro atoms. The van der Waals surface area contributed by atoms with Crippen LogP contribution in [0.15, 0.2) is 18.2 Å². The number of nitrogens with zero attached hydrogens (tertiary/aromatic N) is 1. The van der Waals surface area contributed by atoms with E-state index in [9.17, 15) is 36.9 Å². The summed E-state index contributed by atoms with van der Waals surface area (Å²) in [5, 5.41) is 12.0. The zero-order valence-electron chi connectivity index (χ0n) is 8.87. The Morgan fingerprint density at radius 2 is 1.89 bits per heavy atom. The first-order chi connectivity index (χ1) is 8.62. The van der Waals surface area contributed by atoms with Gasteiger partial charge in [0.1, 0.15) is 5.69 Å². The smallest absolute Gasteiger partial charge is 0.315 e. The zero-order valence-corrected chi connectivity index (χ0v) is 8.87. The van der Waals surface area contributed by atoms with Gasteiger partial charge in [-0.2, -0.15) is 22.0 Å². The molecule has 0 aliphatic rings. The second-order valence-electron chi connectivity index (χ2n) is 3.28. The first kappa shape index (κ1) is 14.8. The first-order valence-electron chi connectivity index (χ1n) is 4.57. The first-order valence-corrected chi connectivity index (χ1v) is 4.57. The van der Waals surface area contributed by atoms with Gasteiger partial charge in [0.15, 0.2) is 0 Å². The van der Waals surface area contributed by atoms with E-state index < -0.39 is 40.4 Å². The molecule has 0 heterocycles. The van der Waals surface area contributed by atoms with Crippen LogP contribution < -0.4 is 5.32 Å². The summed E-state index contributed by atoms with van der Waals surface area (Å²) in [4.78, 5) is 20.0. The number of halogens is 5. The summed E-state index contributed by atoms with van der Waals surface area (Å²) >= 11 is 0. The van der Waals surface area contributed by atoms with Crippen LogP contribution in [0.5, 0.6) is 0 Å². The van der Waals surface area contributed by atoms with Crippen LogP contribution in [0.25, 0.3) is 0 Å². The van der Waals surface area contributed by atoms with E-state index in [1.165, 1.54) is 5.32 Å². The maximum atomic E-state index is 12.3. The minimum Gasteiger partial charge on any atom is -0.315 e. The van der Waals surface area contributed by atoms with Crippen LogP contribution in [0.3, 0.4) is 0 Å². The molecule has 0 aliphatic heterocycles. The number of rotatable bonds is 3. The second-order valence-corrected chi connectivity index (χ2v) is 3.28. The molecule has 1 aromatic carbocycles. The Morgan fingerprint density at radius 1 is 1.32 bits per heavy atom. The molecule has 1 N–H and O–H groups in total. The number of nitro benzene ring substituents is 1. The predicted molar refractivity (Wildman–Crippen MR) is 52.7 cm³/mol. The average molecular weight is 284 g/mol. The number of anilines is 1. The van der Waals surface area contributed by atoms with Crippen LogP contribution in [0.4, 0.5) is 33.3 Å². The highest BCUT2D eigenvalue weighted by molar-refractivity contribution is 5.95. The monoisotopic (exact) mass is 284 g/mol. The third-order valence-electron chi connectivity index (χ3n) is 1.98. The van der Waals surface area contributed by atoms with Gasteiger partial charge in [-0.1, -0.05) is 0 Å². The maximum absolute atomic E-state index is 12.3. The Hall–Kier alpha value is -2.26. The molecule has 0 unspecified atom stereocenters. The zero-order chi connectivity index (χ0) is 14.8. The van der Waals surface area contributed by atoms with Gasteiger partial charge in [-0.3, -0.25) is 14.9 Å². The minimum atomic E-state index is -4.82. The molecule has 0 aliphatic carbocycles. The summed E-state index contributed by atoms with van der Waals surface area (Å²) in [5.41, 5.74) is -3.18. The molecule has 0 aromatic heterocycles. The molecule has 1 aromatic rings. The third-order valence-corrected chi connectivity index (χ3v) is 1.98. The molecule has 0 saturated carbocycles. The quantitative estimate of drug-likeness (QED) is 0.527. The van der Waals surface area contributed by atoms with E-state index in [-0.39, 0.29) is 6.07 Å². The highest BCUT2D eigenvalue weighted by atomic mass is 19.4. The summed E-state index contributed by atoms with van der Waals surface area (Å²) in [7, 11) is 0. The Morgan fingerprint density at radius 3 is 2.32 bits per heavy atom. The fourth-order valence-corrected chi connectivity index (χ4v) is 1.15. The summed E-state index contributed by atoms with van der Waals surface area (Å²) in [6.07, 6.45) is -8.27. The highest BCUT2D eigenvalue weighted by Gasteiger charge is 2.33. The van der Waals surface area contributed by atoms with E-state index in [1.54, 1.807) is 0 Å². The molecule has 0 fully saturated rings. The van der Waals surface area contributed by atoms with E-state index in [1.807, 2.05) is 0 Å². The lowest BCUT2D eigenvalue weighted by atomic mass is 10.1. The van der Waals surface area contributed by atoms with Crippen molar-refractivity contribution < 1.29 is 31.7 Å². The number of hydrogen-bond donors (Lipinski definition) is 1. The molecule has 0 atom stereocenters. The maximum Gasteiger partial charge on any atom is 0.416 e. The lowest BCUT2D eigenvalue weighted by Gasteiger charge is -2.09. The molecule has 1 rings (SSSR count). The van der Waals surface area contributed by atoms with Crippen LogP contribution in [-0.2, 0) is 11.0 Å². The standard InChI is InChI=1S/C9H5F5N2O3/c10-7(11)8(17)15-5-2-1-4(9(12,13)14)3-6(5)16(18)19/h1-3,7H,(H,15,17). The average Bonchev–Trinajstić information content (AvgIpc) is 2.27. The van der Waals surface area contributed by atoms with Gasteiger partial charge in [-0.15, -0.1) is 0 Å². The Labute approximate surface area is 102 Å². The number of benzene rings is 1. The molecule has 0 saturated heterocycles. The largest absolute Gasteiger partial charge is 0.416 e. The van der Waals surface area contributed by atoms with E-state index in [0.717, 1.165) is 0 Å². The van der Waals surface area contributed by atoms with Crippen LogP contribution in [-0.4, -0.2) is 17.3 Å². The van der Waals surface area contributed by atoms with Gasteiger partial charge in [-0.25, -0.2) is 0 Å². The normalized spacial score (nSPS) is 11.5. The van der Waals surface area contributed by atoms with Crippen molar-refractivity contribution in [1.82, 2.24) is 0 Å². The predicted octanol–water partition coefficient (Wildman–Crippen LogP) is 2.82.